The van der Waals surface area contributed by atoms with Gasteiger partial charge in [-0.3, -0.25) is 0 Å². The topological polar surface area (TPSA) is 77.4 Å². The van der Waals surface area contributed by atoms with Crippen LogP contribution in [0.3, 0.4) is 0 Å². The Balaban J connectivity index is 2.10. The molecule has 7 heteroatoms. The molecule has 1 heterocycles. The second-order valence-corrected chi connectivity index (χ2v) is 15.4. The fourth-order valence-corrected chi connectivity index (χ4v) is 4.63. The fraction of sp³-hybridized carbons (Fsp3) is 0.750. The van der Waals surface area contributed by atoms with E-state index in [4.69, 9.17) is 18.6 Å². The third kappa shape index (κ3) is 7.35. The van der Waals surface area contributed by atoms with Gasteiger partial charge in [-0.05, 0) is 37.5 Å². The summed E-state index contributed by atoms with van der Waals surface area (Å²) in [6.45, 7) is 17.3. The zero-order chi connectivity index (χ0) is 23.4. The molecule has 1 aliphatic rings. The predicted octanol–water partition coefficient (Wildman–Crippen LogP) is 4.10. The summed E-state index contributed by atoms with van der Waals surface area (Å²) in [5.74, 6) is -0.994. The third-order valence-electron chi connectivity index (χ3n) is 6.40. The Kier molecular flexibility index (Phi) is 8.89. The largest absolute Gasteiger partial charge is 0.409 e. The van der Waals surface area contributed by atoms with Gasteiger partial charge >= 0.3 is 0 Å². The molecular weight excluding hydrogens is 412 g/mol. The molecule has 5 atom stereocenters. The van der Waals surface area contributed by atoms with Gasteiger partial charge in [-0.2, -0.15) is 0 Å². The average molecular weight is 455 g/mol. The second kappa shape index (κ2) is 10.4. The molecule has 1 aromatic rings. The van der Waals surface area contributed by atoms with Crippen molar-refractivity contribution in [1.82, 2.24) is 0 Å². The highest BCUT2D eigenvalue weighted by Gasteiger charge is 2.47. The van der Waals surface area contributed by atoms with Gasteiger partial charge in [0.15, 0.2) is 14.1 Å². The number of hydrogen-bond acceptors (Lipinski definition) is 6. The first-order valence-electron chi connectivity index (χ1n) is 11.2. The van der Waals surface area contributed by atoms with Gasteiger partial charge in [-0.25, -0.2) is 0 Å². The fourth-order valence-electron chi connectivity index (χ4n) is 3.31. The SMILES string of the molecule is C[C@H](COCc1ccccc1)[C@H](O)[C@@H](O[Si](C)(C)C(C)(C)C)[C@H](O)[C@@H]1COC(C)(C)O1. The Morgan fingerprint density at radius 2 is 1.77 bits per heavy atom. The molecule has 0 spiro atoms. The summed E-state index contributed by atoms with van der Waals surface area (Å²) in [5.41, 5.74) is 1.08. The molecule has 0 aromatic heterocycles. The Bertz CT molecular complexity index is 672. The molecule has 0 saturated carbocycles. The van der Waals surface area contributed by atoms with Crippen molar-refractivity contribution in [1.29, 1.82) is 0 Å². The van der Waals surface area contributed by atoms with Crippen LogP contribution in [0.15, 0.2) is 30.3 Å². The van der Waals surface area contributed by atoms with Crippen LogP contribution in [-0.4, -0.2) is 61.9 Å². The van der Waals surface area contributed by atoms with Crippen LogP contribution in [0.2, 0.25) is 18.1 Å². The van der Waals surface area contributed by atoms with Crippen LogP contribution >= 0.6 is 0 Å². The van der Waals surface area contributed by atoms with Gasteiger partial charge in [0.25, 0.3) is 0 Å². The molecule has 0 radical (unpaired) electrons. The van der Waals surface area contributed by atoms with Gasteiger partial charge in [0.1, 0.15) is 12.2 Å². The van der Waals surface area contributed by atoms with Crippen molar-refractivity contribution in [2.75, 3.05) is 13.2 Å². The second-order valence-electron chi connectivity index (χ2n) is 10.7. The van der Waals surface area contributed by atoms with E-state index in [-0.39, 0.29) is 17.6 Å². The van der Waals surface area contributed by atoms with Crippen LogP contribution in [0.5, 0.6) is 0 Å². The standard InChI is InChI=1S/C24H42O6Si/c1-17(14-27-15-18-12-10-9-11-13-18)20(25)22(30-31(7,8)23(2,3)4)21(26)19-16-28-24(5,6)29-19/h9-13,17,19-22,25-26H,14-16H2,1-8H3/t17-,19+,20+,21-,22-/m1/s1. The minimum absolute atomic E-state index is 0.0654. The normalized spacial score (nSPS) is 23.4. The Hall–Kier alpha value is -0.803. The minimum atomic E-state index is -2.27. The third-order valence-corrected chi connectivity index (χ3v) is 10.9. The number of aliphatic hydroxyl groups is 2. The Labute approximate surface area is 189 Å². The van der Waals surface area contributed by atoms with Crippen LogP contribution in [0.25, 0.3) is 0 Å². The first-order chi connectivity index (χ1) is 14.2. The number of rotatable bonds is 10. The first kappa shape index (κ1) is 26.4. The van der Waals surface area contributed by atoms with Gasteiger partial charge in [0.2, 0.25) is 0 Å². The molecule has 0 aliphatic carbocycles. The molecule has 0 amide bonds. The highest BCUT2D eigenvalue weighted by molar-refractivity contribution is 6.74. The van der Waals surface area contributed by atoms with Crippen molar-refractivity contribution in [3.8, 4) is 0 Å². The molecule has 1 aliphatic heterocycles. The van der Waals surface area contributed by atoms with Crippen LogP contribution in [0, 0.1) is 5.92 Å². The van der Waals surface area contributed by atoms with Gasteiger partial charge in [0, 0.05) is 5.92 Å². The van der Waals surface area contributed by atoms with Gasteiger partial charge in [-0.1, -0.05) is 58.0 Å². The molecule has 1 aromatic carbocycles. The summed E-state index contributed by atoms with van der Waals surface area (Å²) in [5, 5.41) is 22.3. The summed E-state index contributed by atoms with van der Waals surface area (Å²) in [4.78, 5) is 0. The molecule has 1 fully saturated rings. The van der Waals surface area contributed by atoms with E-state index in [2.05, 4.69) is 33.9 Å². The molecule has 31 heavy (non-hydrogen) atoms. The maximum Gasteiger partial charge on any atom is 0.192 e. The summed E-state index contributed by atoms with van der Waals surface area (Å²) in [6, 6.07) is 9.93. The van der Waals surface area contributed by atoms with Crippen LogP contribution in [0.4, 0.5) is 0 Å². The maximum atomic E-state index is 11.2. The molecule has 6 nitrogen and oxygen atoms in total. The van der Waals surface area contributed by atoms with E-state index < -0.39 is 38.5 Å². The first-order valence-corrected chi connectivity index (χ1v) is 14.1. The number of ether oxygens (including phenoxy) is 3. The molecule has 0 bridgehead atoms. The van der Waals surface area contributed by atoms with Crippen LogP contribution < -0.4 is 0 Å². The number of aliphatic hydroxyl groups excluding tert-OH is 2. The zero-order valence-corrected chi connectivity index (χ0v) is 21.4. The molecule has 178 valence electrons. The minimum Gasteiger partial charge on any atom is -0.409 e. The average Bonchev–Trinajstić information content (AvgIpc) is 3.04. The lowest BCUT2D eigenvalue weighted by Gasteiger charge is -2.43. The summed E-state index contributed by atoms with van der Waals surface area (Å²) >= 11 is 0. The van der Waals surface area contributed by atoms with Gasteiger partial charge < -0.3 is 28.8 Å². The maximum absolute atomic E-state index is 11.2. The van der Waals surface area contributed by atoms with Crippen LogP contribution in [0.1, 0.15) is 47.1 Å². The van der Waals surface area contributed by atoms with Crippen molar-refractivity contribution >= 4 is 8.32 Å². The Morgan fingerprint density at radius 3 is 2.29 bits per heavy atom. The van der Waals surface area contributed by atoms with E-state index in [9.17, 15) is 10.2 Å². The summed E-state index contributed by atoms with van der Waals surface area (Å²) in [7, 11) is -2.27. The van der Waals surface area contributed by atoms with E-state index in [1.807, 2.05) is 51.1 Å². The number of benzene rings is 1. The van der Waals surface area contributed by atoms with E-state index >= 15 is 0 Å². The van der Waals surface area contributed by atoms with Crippen molar-refractivity contribution in [3.63, 3.8) is 0 Å². The van der Waals surface area contributed by atoms with Crippen molar-refractivity contribution in [2.45, 2.75) is 96.5 Å². The molecule has 2 N–H and O–H groups in total. The smallest absolute Gasteiger partial charge is 0.192 e. The lowest BCUT2D eigenvalue weighted by atomic mass is 9.94. The van der Waals surface area contributed by atoms with Crippen molar-refractivity contribution in [3.05, 3.63) is 35.9 Å². The lowest BCUT2D eigenvalue weighted by molar-refractivity contribution is -0.170. The number of hydrogen-bond donors (Lipinski definition) is 2. The lowest BCUT2D eigenvalue weighted by Crippen LogP contribution is -2.56. The van der Waals surface area contributed by atoms with Gasteiger partial charge in [-0.15, -0.1) is 0 Å². The van der Waals surface area contributed by atoms with Crippen LogP contribution in [-0.2, 0) is 25.2 Å². The highest BCUT2D eigenvalue weighted by atomic mass is 28.4. The van der Waals surface area contributed by atoms with Crippen molar-refractivity contribution in [2.24, 2.45) is 5.92 Å². The zero-order valence-electron chi connectivity index (χ0n) is 20.4. The highest BCUT2D eigenvalue weighted by Crippen LogP contribution is 2.39. The molecule has 2 rings (SSSR count). The van der Waals surface area contributed by atoms with Crippen molar-refractivity contribution < 1.29 is 28.8 Å². The summed E-state index contributed by atoms with van der Waals surface area (Å²) < 4.78 is 23.9. The predicted molar refractivity (Wildman–Crippen MR) is 124 cm³/mol. The Morgan fingerprint density at radius 1 is 1.16 bits per heavy atom. The molecule has 1 saturated heterocycles. The monoisotopic (exact) mass is 454 g/mol. The van der Waals surface area contributed by atoms with E-state index in [1.165, 1.54) is 0 Å². The summed E-state index contributed by atoms with van der Waals surface area (Å²) in [6.07, 6.45) is -3.27. The quantitative estimate of drug-likeness (QED) is 0.518. The molecular formula is C24H42O6Si. The van der Waals surface area contributed by atoms with Gasteiger partial charge in [0.05, 0.1) is 32.0 Å². The van der Waals surface area contributed by atoms with E-state index in [0.29, 0.717) is 13.2 Å². The molecule has 0 unspecified atom stereocenters. The van der Waals surface area contributed by atoms with E-state index in [1.54, 1.807) is 0 Å². The van der Waals surface area contributed by atoms with E-state index in [0.717, 1.165) is 5.56 Å².